The number of amides is 1. The minimum Gasteiger partial charge on any atom is -0.484 e. The second-order valence-electron chi connectivity index (χ2n) is 9.61. The fourth-order valence-electron chi connectivity index (χ4n) is 4.88. The number of aromatic nitrogens is 1. The quantitative estimate of drug-likeness (QED) is 0.516. The van der Waals surface area contributed by atoms with Crippen molar-refractivity contribution in [3.63, 3.8) is 0 Å². The normalized spacial score (nSPS) is 24.1. The number of nitrogens with zero attached hydrogens (tertiary/aromatic N) is 2. The Morgan fingerprint density at radius 2 is 1.83 bits per heavy atom. The van der Waals surface area contributed by atoms with Crippen LogP contribution >= 0.6 is 0 Å². The maximum absolute atomic E-state index is 14.6. The predicted octanol–water partition coefficient (Wildman–Crippen LogP) is 5.45. The molecule has 1 saturated heterocycles. The van der Waals surface area contributed by atoms with Crippen LogP contribution in [0.2, 0.25) is 0 Å². The summed E-state index contributed by atoms with van der Waals surface area (Å²) in [5.74, 6) is -3.22. The number of benzene rings is 1. The van der Waals surface area contributed by atoms with Gasteiger partial charge in [-0.3, -0.25) is 4.79 Å². The number of anilines is 2. The Morgan fingerprint density at radius 3 is 2.53 bits per heavy atom. The first-order chi connectivity index (χ1) is 17.2. The van der Waals surface area contributed by atoms with Crippen LogP contribution in [0.1, 0.15) is 54.8 Å². The van der Waals surface area contributed by atoms with Gasteiger partial charge in [0.15, 0.2) is 23.1 Å². The molecule has 2 atom stereocenters. The minimum absolute atomic E-state index is 0.0490. The number of halogens is 5. The van der Waals surface area contributed by atoms with E-state index >= 15 is 0 Å². The third-order valence-corrected chi connectivity index (χ3v) is 6.74. The Bertz CT molecular complexity index is 1080. The van der Waals surface area contributed by atoms with Crippen molar-refractivity contribution in [3.05, 3.63) is 35.2 Å². The second-order valence-corrected chi connectivity index (χ2v) is 9.61. The van der Waals surface area contributed by atoms with Gasteiger partial charge >= 0.3 is 6.18 Å². The van der Waals surface area contributed by atoms with E-state index in [0.29, 0.717) is 25.0 Å². The van der Waals surface area contributed by atoms with Gasteiger partial charge in [0.1, 0.15) is 18.9 Å². The maximum atomic E-state index is 14.6. The number of nitrogens with one attached hydrogen (secondary N) is 1. The van der Waals surface area contributed by atoms with Crippen LogP contribution < -0.4 is 15.0 Å². The number of hydrogen-bond acceptors (Lipinski definition) is 6. The number of carbonyl (C=O) groups is 1. The monoisotopic (exact) mass is 515 g/mol. The van der Waals surface area contributed by atoms with E-state index < -0.39 is 47.3 Å². The molecule has 1 aromatic carbocycles. The summed E-state index contributed by atoms with van der Waals surface area (Å²) in [7, 11) is 0. The number of oxazole rings is 1. The molecule has 2 saturated carbocycles. The Morgan fingerprint density at radius 1 is 1.11 bits per heavy atom. The zero-order chi connectivity index (χ0) is 25.4. The fourth-order valence-corrected chi connectivity index (χ4v) is 4.88. The number of fused-ring (bicyclic) bond motifs is 1. The van der Waals surface area contributed by atoms with Crippen LogP contribution in [0, 0.1) is 23.5 Å². The van der Waals surface area contributed by atoms with Gasteiger partial charge in [0, 0.05) is 31.0 Å². The highest BCUT2D eigenvalue weighted by Crippen LogP contribution is 2.52. The third-order valence-electron chi connectivity index (χ3n) is 6.74. The van der Waals surface area contributed by atoms with Crippen molar-refractivity contribution in [2.75, 3.05) is 30.1 Å². The van der Waals surface area contributed by atoms with Gasteiger partial charge in [-0.05, 0) is 50.4 Å². The number of hydrogen-bond donors (Lipinski definition) is 1. The number of alkyl halides is 3. The zero-order valence-electron chi connectivity index (χ0n) is 19.4. The van der Waals surface area contributed by atoms with Gasteiger partial charge in [-0.25, -0.2) is 8.78 Å². The molecule has 0 radical (unpaired) electrons. The smallest absolute Gasteiger partial charge is 0.396 e. The lowest BCUT2D eigenvalue weighted by atomic mass is 10.2. The largest absolute Gasteiger partial charge is 0.484 e. The molecular formula is C24H26F5N3O4. The number of carbonyl (C=O) groups excluding carboxylic acids is 1. The van der Waals surface area contributed by atoms with Crippen LogP contribution in [0.4, 0.5) is 33.7 Å². The molecule has 0 spiro atoms. The van der Waals surface area contributed by atoms with E-state index in [-0.39, 0.29) is 24.5 Å². The highest BCUT2D eigenvalue weighted by atomic mass is 19.4. The summed E-state index contributed by atoms with van der Waals surface area (Å²) < 4.78 is 85.0. The SMILES string of the molecule is O=C(Nc1cc(F)c(OC2CC3CC3C2)c(F)c1)c1nc(N2CCCCCOC2)oc1CC(F)(F)F. The average molecular weight is 515 g/mol. The first-order valence-corrected chi connectivity index (χ1v) is 12.0. The molecule has 3 aliphatic rings. The van der Waals surface area contributed by atoms with Crippen LogP contribution in [0.25, 0.3) is 0 Å². The van der Waals surface area contributed by atoms with Crippen molar-refractivity contribution in [2.24, 2.45) is 11.8 Å². The summed E-state index contributed by atoms with van der Waals surface area (Å²) >= 11 is 0. The third kappa shape index (κ3) is 5.74. The molecule has 12 heteroatoms. The summed E-state index contributed by atoms with van der Waals surface area (Å²) in [5, 5.41) is 2.23. The molecule has 3 fully saturated rings. The lowest BCUT2D eigenvalue weighted by molar-refractivity contribution is -0.130. The van der Waals surface area contributed by atoms with Crippen LogP contribution in [-0.2, 0) is 11.2 Å². The lowest BCUT2D eigenvalue weighted by Gasteiger charge is -2.22. The van der Waals surface area contributed by atoms with Crippen molar-refractivity contribution in [1.29, 1.82) is 0 Å². The van der Waals surface area contributed by atoms with E-state index in [1.165, 1.54) is 4.90 Å². The summed E-state index contributed by atoms with van der Waals surface area (Å²) in [4.78, 5) is 18.3. The molecule has 2 unspecified atom stereocenters. The molecule has 1 aliphatic heterocycles. The Balaban J connectivity index is 1.33. The molecule has 1 amide bonds. The molecular weight excluding hydrogens is 489 g/mol. The van der Waals surface area contributed by atoms with Gasteiger partial charge in [0.05, 0.1) is 6.10 Å². The van der Waals surface area contributed by atoms with Gasteiger partial charge in [-0.2, -0.15) is 18.2 Å². The summed E-state index contributed by atoms with van der Waals surface area (Å²) in [5.41, 5.74) is -0.899. The number of rotatable bonds is 6. The Kier molecular flexibility index (Phi) is 6.80. The van der Waals surface area contributed by atoms with E-state index in [2.05, 4.69) is 10.3 Å². The number of ether oxygens (including phenoxy) is 2. The van der Waals surface area contributed by atoms with Crippen molar-refractivity contribution in [1.82, 2.24) is 4.98 Å². The van der Waals surface area contributed by atoms with Gasteiger partial charge in [-0.15, -0.1) is 0 Å². The highest BCUT2D eigenvalue weighted by molar-refractivity contribution is 6.03. The molecule has 196 valence electrons. The van der Waals surface area contributed by atoms with E-state index in [9.17, 15) is 26.7 Å². The van der Waals surface area contributed by atoms with E-state index in [1.807, 2.05) is 0 Å². The van der Waals surface area contributed by atoms with Crippen LogP contribution in [0.5, 0.6) is 5.75 Å². The minimum atomic E-state index is -4.67. The molecule has 2 heterocycles. The molecule has 5 rings (SSSR count). The molecule has 2 aromatic rings. The highest BCUT2D eigenvalue weighted by Gasteiger charge is 2.47. The molecule has 1 aromatic heterocycles. The Labute approximate surface area is 203 Å². The van der Waals surface area contributed by atoms with Crippen molar-refractivity contribution >= 4 is 17.6 Å². The topological polar surface area (TPSA) is 76.8 Å². The second kappa shape index (κ2) is 9.87. The van der Waals surface area contributed by atoms with E-state index in [1.54, 1.807) is 0 Å². The van der Waals surface area contributed by atoms with Crippen LogP contribution in [0.3, 0.4) is 0 Å². The summed E-state index contributed by atoms with van der Waals surface area (Å²) in [6.45, 7) is 0.958. The van der Waals surface area contributed by atoms with Gasteiger partial charge < -0.3 is 24.1 Å². The van der Waals surface area contributed by atoms with Crippen LogP contribution in [-0.4, -0.2) is 43.1 Å². The molecule has 1 N–H and O–H groups in total. The Hall–Kier alpha value is -2.89. The zero-order valence-corrected chi connectivity index (χ0v) is 19.4. The fraction of sp³-hybridized carbons (Fsp3) is 0.583. The maximum Gasteiger partial charge on any atom is 0.396 e. The van der Waals surface area contributed by atoms with Gasteiger partial charge in [0.25, 0.3) is 11.9 Å². The van der Waals surface area contributed by atoms with Gasteiger partial charge in [-0.1, -0.05) is 0 Å². The molecule has 2 aliphatic carbocycles. The molecule has 7 nitrogen and oxygen atoms in total. The average Bonchev–Trinajstić information content (AvgIpc) is 3.17. The van der Waals surface area contributed by atoms with Crippen molar-refractivity contribution in [2.45, 2.75) is 57.2 Å². The first kappa shape index (κ1) is 24.8. The summed E-state index contributed by atoms with van der Waals surface area (Å²) in [6, 6.07) is 1.54. The van der Waals surface area contributed by atoms with Crippen molar-refractivity contribution < 1.29 is 40.6 Å². The predicted molar refractivity (Wildman–Crippen MR) is 118 cm³/mol. The van der Waals surface area contributed by atoms with Gasteiger partial charge in [0.2, 0.25) is 0 Å². The van der Waals surface area contributed by atoms with Crippen molar-refractivity contribution in [3.8, 4) is 5.75 Å². The molecule has 36 heavy (non-hydrogen) atoms. The molecule has 0 bridgehead atoms. The van der Waals surface area contributed by atoms with Crippen LogP contribution in [0.15, 0.2) is 16.5 Å². The lowest BCUT2D eigenvalue weighted by Crippen LogP contribution is -2.29. The van der Waals surface area contributed by atoms with E-state index in [0.717, 1.165) is 50.7 Å². The van der Waals surface area contributed by atoms with E-state index in [4.69, 9.17) is 13.9 Å². The standard InChI is InChI=1S/C24H26F5N3O4/c25-17-9-15(10-18(26)21(17)35-16-7-13-6-14(13)8-16)30-22(33)20-19(11-24(27,28)29)36-23(31-20)32-4-2-1-3-5-34-12-32/h9-10,13-14,16H,1-8,11-12H2,(H,30,33). The summed E-state index contributed by atoms with van der Waals surface area (Å²) in [6.07, 6.45) is -1.36. The first-order valence-electron chi connectivity index (χ1n) is 12.0.